The Bertz CT molecular complexity index is 1340. The second-order valence-electron chi connectivity index (χ2n) is 12.7. The van der Waals surface area contributed by atoms with Crippen LogP contribution in [0.2, 0.25) is 0 Å². The van der Waals surface area contributed by atoms with Crippen LogP contribution in [-0.4, -0.2) is 24.3 Å². The van der Waals surface area contributed by atoms with Crippen LogP contribution in [0.5, 0.6) is 0 Å². The molecule has 1 atom stereocenters. The first-order chi connectivity index (χ1) is 20.8. The standard InChI is InChI=1S/C40H52O3/c1-6-8-9-10-31-17-20-37(26-30(31)7-2)33-15-18-35(19-16-33)39-22-21-36(25-29(39)5)32-11-13-34(14-12-32)38(23-24-41)27-43-40(42)28(3)4/h15-22,25-26,32,34,38,41H,3,6-14,23-24,27H2,1-2,4-5H3. The van der Waals surface area contributed by atoms with Crippen molar-refractivity contribution in [1.82, 2.24) is 0 Å². The summed E-state index contributed by atoms with van der Waals surface area (Å²) in [7, 11) is 0. The molecule has 1 aliphatic carbocycles. The average Bonchev–Trinajstić information content (AvgIpc) is 3.03. The van der Waals surface area contributed by atoms with Crippen LogP contribution in [0.4, 0.5) is 0 Å². The zero-order valence-corrected chi connectivity index (χ0v) is 27.0. The number of esters is 1. The van der Waals surface area contributed by atoms with E-state index in [1.165, 1.54) is 70.2 Å². The summed E-state index contributed by atoms with van der Waals surface area (Å²) >= 11 is 0. The van der Waals surface area contributed by atoms with E-state index >= 15 is 0 Å². The molecule has 3 aromatic carbocycles. The Labute approximate surface area is 260 Å². The minimum absolute atomic E-state index is 0.127. The van der Waals surface area contributed by atoms with Gasteiger partial charge >= 0.3 is 5.97 Å². The Hall–Kier alpha value is -3.17. The molecule has 3 aromatic rings. The smallest absolute Gasteiger partial charge is 0.333 e. The fourth-order valence-electron chi connectivity index (χ4n) is 6.90. The Morgan fingerprint density at radius 2 is 1.60 bits per heavy atom. The molecule has 0 aromatic heterocycles. The highest BCUT2D eigenvalue weighted by atomic mass is 16.5. The van der Waals surface area contributed by atoms with Gasteiger partial charge in [0.25, 0.3) is 0 Å². The van der Waals surface area contributed by atoms with Crippen molar-refractivity contribution in [3.63, 3.8) is 0 Å². The Morgan fingerprint density at radius 1 is 0.907 bits per heavy atom. The van der Waals surface area contributed by atoms with Crippen molar-refractivity contribution in [2.75, 3.05) is 13.2 Å². The second kappa shape index (κ2) is 16.1. The van der Waals surface area contributed by atoms with E-state index < -0.39 is 0 Å². The zero-order chi connectivity index (χ0) is 30.8. The van der Waals surface area contributed by atoms with E-state index in [4.69, 9.17) is 4.74 Å². The zero-order valence-electron chi connectivity index (χ0n) is 27.0. The lowest BCUT2D eigenvalue weighted by atomic mass is 9.73. The van der Waals surface area contributed by atoms with Gasteiger partial charge in [-0.15, -0.1) is 0 Å². The maximum Gasteiger partial charge on any atom is 0.333 e. The van der Waals surface area contributed by atoms with Crippen LogP contribution in [0.3, 0.4) is 0 Å². The molecule has 3 nitrogen and oxygen atoms in total. The normalized spacial score (nSPS) is 17.4. The highest BCUT2D eigenvalue weighted by Gasteiger charge is 2.29. The van der Waals surface area contributed by atoms with E-state index in [-0.39, 0.29) is 18.5 Å². The number of rotatable bonds is 14. The molecule has 1 aliphatic rings. The molecule has 0 heterocycles. The van der Waals surface area contributed by atoms with Crippen molar-refractivity contribution in [1.29, 1.82) is 0 Å². The van der Waals surface area contributed by atoms with E-state index in [0.717, 1.165) is 32.1 Å². The molecule has 0 bridgehead atoms. The lowest BCUT2D eigenvalue weighted by Crippen LogP contribution is -2.27. The molecule has 0 saturated heterocycles. The van der Waals surface area contributed by atoms with E-state index in [9.17, 15) is 9.90 Å². The van der Waals surface area contributed by atoms with Gasteiger partial charge in [0.1, 0.15) is 0 Å². The molecule has 4 rings (SSSR count). The molecular weight excluding hydrogens is 528 g/mol. The topological polar surface area (TPSA) is 46.5 Å². The molecule has 1 fully saturated rings. The Kier molecular flexibility index (Phi) is 12.2. The van der Waals surface area contributed by atoms with Crippen molar-refractivity contribution in [3.05, 3.63) is 95.1 Å². The van der Waals surface area contributed by atoms with Crippen LogP contribution >= 0.6 is 0 Å². The fraction of sp³-hybridized carbons (Fsp3) is 0.475. The van der Waals surface area contributed by atoms with Crippen LogP contribution < -0.4 is 0 Å². The van der Waals surface area contributed by atoms with E-state index in [1.54, 1.807) is 6.92 Å². The lowest BCUT2D eigenvalue weighted by molar-refractivity contribution is -0.141. The summed E-state index contributed by atoms with van der Waals surface area (Å²) in [5.41, 5.74) is 11.3. The third-order valence-electron chi connectivity index (χ3n) is 9.60. The van der Waals surface area contributed by atoms with Gasteiger partial charge in [-0.25, -0.2) is 4.79 Å². The number of aryl methyl sites for hydroxylation is 3. The molecule has 0 aliphatic heterocycles. The predicted molar refractivity (Wildman–Crippen MR) is 180 cm³/mol. The summed E-state index contributed by atoms with van der Waals surface area (Å²) in [6, 6.07) is 23.1. The van der Waals surface area contributed by atoms with Crippen molar-refractivity contribution >= 4 is 5.97 Å². The number of aliphatic hydroxyl groups excluding tert-OH is 1. The monoisotopic (exact) mass is 580 g/mol. The van der Waals surface area contributed by atoms with Gasteiger partial charge in [0.05, 0.1) is 6.61 Å². The molecule has 0 amide bonds. The number of carbonyl (C=O) groups is 1. The molecule has 1 saturated carbocycles. The molecular formula is C40H52O3. The van der Waals surface area contributed by atoms with Crippen LogP contribution in [-0.2, 0) is 22.4 Å². The maximum atomic E-state index is 11.9. The number of benzene rings is 3. The van der Waals surface area contributed by atoms with Gasteiger partial charge in [0, 0.05) is 12.2 Å². The number of hydrogen-bond acceptors (Lipinski definition) is 3. The van der Waals surface area contributed by atoms with Crippen molar-refractivity contribution in [2.24, 2.45) is 11.8 Å². The quantitative estimate of drug-likeness (QED) is 0.117. The first-order valence-corrected chi connectivity index (χ1v) is 16.6. The fourth-order valence-corrected chi connectivity index (χ4v) is 6.90. The summed E-state index contributed by atoms with van der Waals surface area (Å²) < 4.78 is 5.47. The number of carbonyl (C=O) groups excluding carboxylic acids is 1. The number of ether oxygens (including phenoxy) is 1. The van der Waals surface area contributed by atoms with Gasteiger partial charge in [-0.05, 0) is 127 Å². The molecule has 1 N–H and O–H groups in total. The largest absolute Gasteiger partial charge is 0.462 e. The number of hydrogen-bond donors (Lipinski definition) is 1. The molecule has 0 radical (unpaired) electrons. The number of unbranched alkanes of at least 4 members (excludes halogenated alkanes) is 2. The van der Waals surface area contributed by atoms with Crippen LogP contribution in [0.1, 0.15) is 100 Å². The molecule has 230 valence electrons. The minimum Gasteiger partial charge on any atom is -0.462 e. The SMILES string of the molecule is C=C(C)C(=O)OCC(CCO)C1CCC(c2ccc(-c3ccc(-c4ccc(CCCCC)c(CC)c4)cc3)c(C)c2)CC1. The van der Waals surface area contributed by atoms with E-state index in [2.05, 4.69) is 88.0 Å². The average molecular weight is 581 g/mol. The summed E-state index contributed by atoms with van der Waals surface area (Å²) in [6.45, 7) is 12.6. The van der Waals surface area contributed by atoms with Crippen molar-refractivity contribution < 1.29 is 14.6 Å². The summed E-state index contributed by atoms with van der Waals surface area (Å²) in [5, 5.41) is 9.60. The molecule has 3 heteroatoms. The van der Waals surface area contributed by atoms with Gasteiger partial charge < -0.3 is 9.84 Å². The van der Waals surface area contributed by atoms with Crippen LogP contribution in [0.25, 0.3) is 22.3 Å². The third kappa shape index (κ3) is 8.70. The second-order valence-corrected chi connectivity index (χ2v) is 12.7. The van der Waals surface area contributed by atoms with Crippen molar-refractivity contribution in [2.45, 2.75) is 97.8 Å². The Morgan fingerprint density at radius 3 is 2.23 bits per heavy atom. The molecule has 43 heavy (non-hydrogen) atoms. The van der Waals surface area contributed by atoms with Gasteiger partial charge in [0.2, 0.25) is 0 Å². The highest BCUT2D eigenvalue weighted by Crippen LogP contribution is 2.41. The first-order valence-electron chi connectivity index (χ1n) is 16.6. The Balaban J connectivity index is 1.39. The van der Waals surface area contributed by atoms with Gasteiger partial charge in [0.15, 0.2) is 0 Å². The van der Waals surface area contributed by atoms with Gasteiger partial charge in [-0.1, -0.05) is 93.9 Å². The van der Waals surface area contributed by atoms with Crippen LogP contribution in [0, 0.1) is 18.8 Å². The van der Waals surface area contributed by atoms with Crippen LogP contribution in [0.15, 0.2) is 72.8 Å². The summed E-state index contributed by atoms with van der Waals surface area (Å²) in [4.78, 5) is 11.9. The molecule has 1 unspecified atom stereocenters. The van der Waals surface area contributed by atoms with Gasteiger partial charge in [-0.3, -0.25) is 0 Å². The summed E-state index contributed by atoms with van der Waals surface area (Å²) in [6.07, 6.45) is 11.2. The number of aliphatic hydroxyl groups is 1. The summed E-state index contributed by atoms with van der Waals surface area (Å²) in [5.74, 6) is 0.903. The predicted octanol–water partition coefficient (Wildman–Crippen LogP) is 10.0. The van der Waals surface area contributed by atoms with Gasteiger partial charge in [-0.2, -0.15) is 0 Å². The maximum absolute atomic E-state index is 11.9. The lowest BCUT2D eigenvalue weighted by Gasteiger charge is -2.34. The van der Waals surface area contributed by atoms with Crippen molar-refractivity contribution in [3.8, 4) is 22.3 Å². The minimum atomic E-state index is -0.334. The van der Waals surface area contributed by atoms with E-state index in [0.29, 0.717) is 30.4 Å². The third-order valence-corrected chi connectivity index (χ3v) is 9.60. The first kappa shape index (κ1) is 32.7. The molecule has 0 spiro atoms. The van der Waals surface area contributed by atoms with E-state index in [1.807, 2.05) is 0 Å². The highest BCUT2D eigenvalue weighted by molar-refractivity contribution is 5.86.